The number of ether oxygens (including phenoxy) is 2. The molecule has 7 heteroatoms. The Labute approximate surface area is 125 Å². The molecule has 21 heavy (non-hydrogen) atoms. The van der Waals surface area contributed by atoms with Crippen molar-refractivity contribution < 1.29 is 18.8 Å². The maximum absolute atomic E-state index is 6.04. The second kappa shape index (κ2) is 5.09. The quantitative estimate of drug-likeness (QED) is 0.763. The summed E-state index contributed by atoms with van der Waals surface area (Å²) in [5.41, 5.74) is 0.0555. The number of aryl methyl sites for hydroxylation is 1. The molecule has 0 saturated carbocycles. The lowest BCUT2D eigenvalue weighted by atomic mass is 9.86. The molecule has 0 bridgehead atoms. The van der Waals surface area contributed by atoms with Gasteiger partial charge in [0.2, 0.25) is 0 Å². The van der Waals surface area contributed by atoms with Gasteiger partial charge in [0.25, 0.3) is 0 Å². The molecule has 0 aromatic carbocycles. The van der Waals surface area contributed by atoms with Crippen LogP contribution in [0.3, 0.4) is 0 Å². The Balaban J connectivity index is 1.81. The minimum absolute atomic E-state index is 0.123. The first-order valence-electron chi connectivity index (χ1n) is 7.40. The Hall–Kier alpha value is -0.885. The van der Waals surface area contributed by atoms with E-state index in [2.05, 4.69) is 4.98 Å². The largest absolute Gasteiger partial charge is 0.516 e. The molecule has 0 spiro atoms. The molecule has 3 heterocycles. The zero-order valence-electron chi connectivity index (χ0n) is 13.4. The average molecular weight is 294 g/mol. The summed E-state index contributed by atoms with van der Waals surface area (Å²) in [5.74, 6) is 0.871. The zero-order chi connectivity index (χ0) is 15.3. The summed E-state index contributed by atoms with van der Waals surface area (Å²) in [5, 5.41) is 0. The summed E-state index contributed by atoms with van der Waals surface area (Å²) in [6.45, 7) is 11.9. The van der Waals surface area contributed by atoms with Crippen LogP contribution in [-0.2, 0) is 18.8 Å². The molecule has 3 rings (SSSR count). The second-order valence-electron chi connectivity index (χ2n) is 6.61. The molecule has 1 atom stereocenters. The number of imidazole rings is 1. The van der Waals surface area contributed by atoms with Gasteiger partial charge in [-0.05, 0) is 34.6 Å². The third-order valence-corrected chi connectivity index (χ3v) is 4.54. The van der Waals surface area contributed by atoms with Crippen LogP contribution in [0.1, 0.15) is 39.7 Å². The minimum atomic E-state index is -0.445. The summed E-state index contributed by atoms with van der Waals surface area (Å²) in [7, 11) is -0.445. The highest BCUT2D eigenvalue weighted by molar-refractivity contribution is 6.61. The summed E-state index contributed by atoms with van der Waals surface area (Å²) in [6, 6.07) is 0. The standard InChI is InChI=1S/C14H23BN2O4/c1-10-16-11(8-17(10)12-9-18-6-7-19-12)15-20-13(2,3)14(4,5)21-15/h8,12H,6-7,9H2,1-5H3. The van der Waals surface area contributed by atoms with E-state index in [1.54, 1.807) is 0 Å². The number of hydrogen-bond donors (Lipinski definition) is 0. The Bertz CT molecular complexity index is 507. The van der Waals surface area contributed by atoms with Crippen LogP contribution in [0.2, 0.25) is 0 Å². The van der Waals surface area contributed by atoms with Crippen molar-refractivity contribution in [2.45, 2.75) is 52.0 Å². The van der Waals surface area contributed by atoms with Gasteiger partial charge >= 0.3 is 7.12 Å². The van der Waals surface area contributed by atoms with Gasteiger partial charge in [0.15, 0.2) is 6.23 Å². The molecule has 0 N–H and O–H groups in total. The summed E-state index contributed by atoms with van der Waals surface area (Å²) in [4.78, 5) is 4.58. The van der Waals surface area contributed by atoms with E-state index in [-0.39, 0.29) is 17.4 Å². The van der Waals surface area contributed by atoms with Gasteiger partial charge in [-0.15, -0.1) is 0 Å². The molecule has 2 aliphatic rings. The van der Waals surface area contributed by atoms with E-state index in [0.29, 0.717) is 19.8 Å². The first-order valence-corrected chi connectivity index (χ1v) is 7.40. The lowest BCUT2D eigenvalue weighted by Crippen LogP contribution is -2.41. The molecule has 0 amide bonds. The highest BCUT2D eigenvalue weighted by atomic mass is 16.7. The van der Waals surface area contributed by atoms with Gasteiger partial charge in [0, 0.05) is 6.20 Å². The number of nitrogens with zero attached hydrogens (tertiary/aromatic N) is 2. The van der Waals surface area contributed by atoms with Crippen LogP contribution in [0, 0.1) is 6.92 Å². The van der Waals surface area contributed by atoms with Gasteiger partial charge < -0.3 is 23.3 Å². The molecule has 0 aliphatic carbocycles. The molecule has 2 saturated heterocycles. The van der Waals surface area contributed by atoms with Gasteiger partial charge in [0.1, 0.15) is 5.82 Å². The molecule has 0 radical (unpaired) electrons. The number of hydrogen-bond acceptors (Lipinski definition) is 5. The van der Waals surface area contributed by atoms with E-state index in [9.17, 15) is 0 Å². The van der Waals surface area contributed by atoms with Crippen molar-refractivity contribution in [2.24, 2.45) is 0 Å². The van der Waals surface area contributed by atoms with E-state index >= 15 is 0 Å². The van der Waals surface area contributed by atoms with Gasteiger partial charge in [0.05, 0.1) is 36.6 Å². The molecule has 2 fully saturated rings. The van der Waals surface area contributed by atoms with Crippen molar-refractivity contribution in [3.8, 4) is 0 Å². The third-order valence-electron chi connectivity index (χ3n) is 4.54. The fraction of sp³-hybridized carbons (Fsp3) is 0.786. The Morgan fingerprint density at radius 3 is 2.43 bits per heavy atom. The van der Waals surface area contributed by atoms with E-state index in [4.69, 9.17) is 18.8 Å². The summed E-state index contributed by atoms with van der Waals surface area (Å²) >= 11 is 0. The van der Waals surface area contributed by atoms with E-state index in [1.807, 2.05) is 45.4 Å². The van der Waals surface area contributed by atoms with Crippen molar-refractivity contribution in [1.29, 1.82) is 0 Å². The summed E-state index contributed by atoms with van der Waals surface area (Å²) < 4.78 is 25.2. The molecule has 2 aliphatic heterocycles. The Morgan fingerprint density at radius 1 is 1.19 bits per heavy atom. The van der Waals surface area contributed by atoms with E-state index in [1.165, 1.54) is 0 Å². The summed E-state index contributed by atoms with van der Waals surface area (Å²) in [6.07, 6.45) is 1.82. The SMILES string of the molecule is Cc1nc(B2OC(C)(C)C(C)(C)O2)cn1C1COCCO1. The van der Waals surface area contributed by atoms with Crippen LogP contribution in [-0.4, -0.2) is 47.7 Å². The molecule has 1 unspecified atom stereocenters. The first kappa shape index (κ1) is 15.0. The van der Waals surface area contributed by atoms with Gasteiger partial charge in [-0.25, -0.2) is 4.98 Å². The van der Waals surface area contributed by atoms with Crippen LogP contribution in [0.5, 0.6) is 0 Å². The Morgan fingerprint density at radius 2 is 1.86 bits per heavy atom. The van der Waals surface area contributed by atoms with E-state index in [0.717, 1.165) is 11.4 Å². The smallest absolute Gasteiger partial charge is 0.398 e. The predicted octanol–water partition coefficient (Wildman–Crippen LogP) is 1.04. The van der Waals surface area contributed by atoms with Crippen LogP contribution >= 0.6 is 0 Å². The highest BCUT2D eigenvalue weighted by Crippen LogP contribution is 2.36. The van der Waals surface area contributed by atoms with Crippen molar-refractivity contribution in [3.63, 3.8) is 0 Å². The molecule has 1 aromatic rings. The Kier molecular flexibility index (Phi) is 3.64. The van der Waals surface area contributed by atoms with Crippen molar-refractivity contribution in [1.82, 2.24) is 9.55 Å². The van der Waals surface area contributed by atoms with E-state index < -0.39 is 7.12 Å². The molecule has 116 valence electrons. The van der Waals surface area contributed by atoms with Crippen molar-refractivity contribution >= 4 is 12.7 Å². The second-order valence-corrected chi connectivity index (χ2v) is 6.61. The maximum atomic E-state index is 6.04. The monoisotopic (exact) mass is 294 g/mol. The lowest BCUT2D eigenvalue weighted by molar-refractivity contribution is -0.123. The first-order chi connectivity index (χ1) is 9.80. The van der Waals surface area contributed by atoms with Gasteiger partial charge in [-0.3, -0.25) is 0 Å². The number of rotatable bonds is 2. The van der Waals surface area contributed by atoms with Gasteiger partial charge in [-0.2, -0.15) is 0 Å². The van der Waals surface area contributed by atoms with Crippen LogP contribution in [0.4, 0.5) is 0 Å². The normalized spacial score (nSPS) is 28.0. The minimum Gasteiger partial charge on any atom is -0.398 e. The van der Waals surface area contributed by atoms with Crippen molar-refractivity contribution in [3.05, 3.63) is 12.0 Å². The average Bonchev–Trinajstić information content (AvgIpc) is 2.89. The maximum Gasteiger partial charge on any atom is 0.516 e. The van der Waals surface area contributed by atoms with Gasteiger partial charge in [-0.1, -0.05) is 0 Å². The molecule has 1 aromatic heterocycles. The molecular weight excluding hydrogens is 271 g/mol. The molecular formula is C14H23BN2O4. The fourth-order valence-electron chi connectivity index (χ4n) is 2.51. The zero-order valence-corrected chi connectivity index (χ0v) is 13.4. The van der Waals surface area contributed by atoms with Crippen LogP contribution < -0.4 is 5.59 Å². The van der Waals surface area contributed by atoms with Crippen molar-refractivity contribution in [2.75, 3.05) is 19.8 Å². The molecule has 6 nitrogen and oxygen atoms in total. The number of aromatic nitrogens is 2. The van der Waals surface area contributed by atoms with Crippen LogP contribution in [0.25, 0.3) is 0 Å². The third kappa shape index (κ3) is 2.63. The van der Waals surface area contributed by atoms with Crippen LogP contribution in [0.15, 0.2) is 6.20 Å². The predicted molar refractivity (Wildman–Crippen MR) is 78.5 cm³/mol. The highest BCUT2D eigenvalue weighted by Gasteiger charge is 2.52. The topological polar surface area (TPSA) is 54.7 Å². The lowest BCUT2D eigenvalue weighted by Gasteiger charge is -2.32. The fourth-order valence-corrected chi connectivity index (χ4v) is 2.51.